The molecule has 1 atom stereocenters. The summed E-state index contributed by atoms with van der Waals surface area (Å²) in [6.07, 6.45) is 4.04. The van der Waals surface area contributed by atoms with Gasteiger partial charge in [0.1, 0.15) is 17.3 Å². The Labute approximate surface area is 165 Å². The number of nitrogens with one attached hydrogen (secondary N) is 1. The second kappa shape index (κ2) is 8.14. The van der Waals surface area contributed by atoms with Crippen LogP contribution in [0.5, 0.6) is 11.5 Å². The number of carbonyl (C=O) groups excluding carboxylic acids is 1. The van der Waals surface area contributed by atoms with Crippen molar-refractivity contribution in [1.82, 2.24) is 20.2 Å². The summed E-state index contributed by atoms with van der Waals surface area (Å²) >= 11 is 0. The summed E-state index contributed by atoms with van der Waals surface area (Å²) in [7, 11) is 3.23. The van der Waals surface area contributed by atoms with Crippen molar-refractivity contribution in [3.05, 3.63) is 47.0 Å². The average molecular weight is 382 g/mol. The largest absolute Gasteiger partial charge is 0.497 e. The number of amides is 1. The van der Waals surface area contributed by atoms with Gasteiger partial charge in [-0.15, -0.1) is 0 Å². The Morgan fingerprint density at radius 2 is 2.21 bits per heavy atom. The highest BCUT2D eigenvalue weighted by molar-refractivity contribution is 5.80. The van der Waals surface area contributed by atoms with Gasteiger partial charge in [-0.2, -0.15) is 0 Å². The van der Waals surface area contributed by atoms with E-state index in [1.165, 1.54) is 0 Å². The predicted molar refractivity (Wildman–Crippen MR) is 105 cm³/mol. The van der Waals surface area contributed by atoms with Crippen LogP contribution >= 0.6 is 0 Å². The Hall–Kier alpha value is -2.67. The molecule has 0 aliphatic carbocycles. The SMILES string of the molecule is COc1ccc(OC)c(CC(=O)N2CCc3nc([C@H]4CCNC4)ncc3C2)c1. The summed E-state index contributed by atoms with van der Waals surface area (Å²) in [5.41, 5.74) is 2.96. The number of fused-ring (bicyclic) bond motifs is 1. The van der Waals surface area contributed by atoms with Crippen molar-refractivity contribution in [3.63, 3.8) is 0 Å². The number of carbonyl (C=O) groups is 1. The van der Waals surface area contributed by atoms with Crippen LogP contribution in [0.1, 0.15) is 35.0 Å². The molecule has 4 rings (SSSR count). The Kier molecular flexibility index (Phi) is 5.43. The molecule has 0 spiro atoms. The van der Waals surface area contributed by atoms with Crippen LogP contribution < -0.4 is 14.8 Å². The molecule has 7 heteroatoms. The highest BCUT2D eigenvalue weighted by Gasteiger charge is 2.25. The van der Waals surface area contributed by atoms with E-state index in [0.717, 1.165) is 54.3 Å². The van der Waals surface area contributed by atoms with E-state index in [9.17, 15) is 4.79 Å². The van der Waals surface area contributed by atoms with Crippen LogP contribution in [0.2, 0.25) is 0 Å². The normalized spacial score (nSPS) is 18.6. The third-order valence-electron chi connectivity index (χ3n) is 5.56. The maximum atomic E-state index is 12.9. The molecule has 1 saturated heterocycles. The lowest BCUT2D eigenvalue weighted by Gasteiger charge is -2.29. The molecule has 1 N–H and O–H groups in total. The number of ether oxygens (including phenoxy) is 2. The smallest absolute Gasteiger partial charge is 0.227 e. The van der Waals surface area contributed by atoms with Gasteiger partial charge in [0.05, 0.1) is 26.3 Å². The van der Waals surface area contributed by atoms with Gasteiger partial charge in [0, 0.05) is 49.3 Å². The predicted octanol–water partition coefficient (Wildman–Crippen LogP) is 1.70. The number of nitrogens with zero attached hydrogens (tertiary/aromatic N) is 3. The number of aromatic nitrogens is 2. The van der Waals surface area contributed by atoms with E-state index in [2.05, 4.69) is 10.3 Å². The molecule has 148 valence electrons. The van der Waals surface area contributed by atoms with Gasteiger partial charge in [0.2, 0.25) is 5.91 Å². The zero-order valence-corrected chi connectivity index (χ0v) is 16.4. The van der Waals surface area contributed by atoms with E-state index < -0.39 is 0 Å². The number of methoxy groups -OCH3 is 2. The highest BCUT2D eigenvalue weighted by Crippen LogP contribution is 2.26. The van der Waals surface area contributed by atoms with Gasteiger partial charge in [-0.05, 0) is 31.2 Å². The summed E-state index contributed by atoms with van der Waals surface area (Å²) < 4.78 is 10.7. The minimum absolute atomic E-state index is 0.0706. The topological polar surface area (TPSA) is 76.6 Å². The monoisotopic (exact) mass is 382 g/mol. The van der Waals surface area contributed by atoms with Crippen LogP contribution in [0, 0.1) is 0 Å². The van der Waals surface area contributed by atoms with Crippen molar-refractivity contribution in [2.45, 2.75) is 31.7 Å². The fourth-order valence-electron chi connectivity index (χ4n) is 3.91. The van der Waals surface area contributed by atoms with Gasteiger partial charge in [-0.25, -0.2) is 9.97 Å². The summed E-state index contributed by atoms with van der Waals surface area (Å²) in [5.74, 6) is 2.83. The number of hydrogen-bond donors (Lipinski definition) is 1. The highest BCUT2D eigenvalue weighted by atomic mass is 16.5. The molecule has 1 aromatic heterocycles. The lowest BCUT2D eigenvalue weighted by molar-refractivity contribution is -0.131. The Balaban J connectivity index is 1.46. The molecule has 2 aliphatic rings. The van der Waals surface area contributed by atoms with Crippen molar-refractivity contribution < 1.29 is 14.3 Å². The number of benzene rings is 1. The average Bonchev–Trinajstić information content (AvgIpc) is 3.27. The molecule has 7 nitrogen and oxygen atoms in total. The maximum Gasteiger partial charge on any atom is 0.227 e. The van der Waals surface area contributed by atoms with Crippen LogP contribution in [0.4, 0.5) is 0 Å². The standard InChI is InChI=1S/C21H26N4O3/c1-27-17-3-4-19(28-2)15(9-17)10-20(26)25-8-6-18-16(13-25)12-23-21(24-18)14-5-7-22-11-14/h3-4,9,12,14,22H,5-8,10-11,13H2,1-2H3/t14-/m0/s1. The lowest BCUT2D eigenvalue weighted by atomic mass is 10.0. The third-order valence-corrected chi connectivity index (χ3v) is 5.56. The summed E-state index contributed by atoms with van der Waals surface area (Å²) in [6, 6.07) is 5.53. The second-order valence-electron chi connectivity index (χ2n) is 7.31. The van der Waals surface area contributed by atoms with Crippen LogP contribution in [0.15, 0.2) is 24.4 Å². The fourth-order valence-corrected chi connectivity index (χ4v) is 3.91. The molecule has 1 amide bonds. The first-order valence-corrected chi connectivity index (χ1v) is 9.72. The van der Waals surface area contributed by atoms with Gasteiger partial charge >= 0.3 is 0 Å². The summed E-state index contributed by atoms with van der Waals surface area (Å²) in [6.45, 7) is 3.22. The van der Waals surface area contributed by atoms with Crippen LogP contribution in [-0.4, -0.2) is 54.6 Å². The molecule has 28 heavy (non-hydrogen) atoms. The minimum atomic E-state index is 0.0706. The van der Waals surface area contributed by atoms with Crippen LogP contribution in [0.3, 0.4) is 0 Å². The molecule has 0 radical (unpaired) electrons. The lowest BCUT2D eigenvalue weighted by Crippen LogP contribution is -2.37. The third kappa shape index (κ3) is 3.80. The fraction of sp³-hybridized carbons (Fsp3) is 0.476. The summed E-state index contributed by atoms with van der Waals surface area (Å²) in [4.78, 5) is 24.2. The van der Waals surface area contributed by atoms with E-state index in [-0.39, 0.29) is 12.3 Å². The van der Waals surface area contributed by atoms with Crippen molar-refractivity contribution in [1.29, 1.82) is 0 Å². The van der Waals surface area contributed by atoms with E-state index in [4.69, 9.17) is 14.5 Å². The zero-order valence-electron chi connectivity index (χ0n) is 16.4. The summed E-state index contributed by atoms with van der Waals surface area (Å²) in [5, 5.41) is 3.36. The van der Waals surface area contributed by atoms with E-state index >= 15 is 0 Å². The molecule has 1 aromatic carbocycles. The van der Waals surface area contributed by atoms with Gasteiger partial charge in [0.15, 0.2) is 0 Å². The Morgan fingerprint density at radius 3 is 2.96 bits per heavy atom. The molecular weight excluding hydrogens is 356 g/mol. The Morgan fingerprint density at radius 1 is 1.32 bits per heavy atom. The quantitative estimate of drug-likeness (QED) is 0.848. The first-order chi connectivity index (χ1) is 13.7. The first kappa shape index (κ1) is 18.7. The molecule has 0 bridgehead atoms. The van der Waals surface area contributed by atoms with Crippen LogP contribution in [0.25, 0.3) is 0 Å². The van der Waals surface area contributed by atoms with Crippen LogP contribution in [-0.2, 0) is 24.2 Å². The van der Waals surface area contributed by atoms with Crippen molar-refractivity contribution in [3.8, 4) is 11.5 Å². The van der Waals surface area contributed by atoms with Gasteiger partial charge in [0.25, 0.3) is 0 Å². The van der Waals surface area contributed by atoms with Crippen molar-refractivity contribution >= 4 is 5.91 Å². The molecule has 3 heterocycles. The maximum absolute atomic E-state index is 12.9. The van der Waals surface area contributed by atoms with E-state index in [1.807, 2.05) is 29.3 Å². The van der Waals surface area contributed by atoms with Gasteiger partial charge in [-0.3, -0.25) is 4.79 Å². The molecule has 0 saturated carbocycles. The van der Waals surface area contributed by atoms with Gasteiger partial charge < -0.3 is 19.7 Å². The minimum Gasteiger partial charge on any atom is -0.497 e. The number of hydrogen-bond acceptors (Lipinski definition) is 6. The van der Waals surface area contributed by atoms with Gasteiger partial charge in [-0.1, -0.05) is 0 Å². The van der Waals surface area contributed by atoms with E-state index in [0.29, 0.717) is 24.8 Å². The molecule has 0 unspecified atom stereocenters. The molecule has 2 aromatic rings. The van der Waals surface area contributed by atoms with E-state index in [1.54, 1.807) is 14.2 Å². The van der Waals surface area contributed by atoms with Crippen molar-refractivity contribution in [2.24, 2.45) is 0 Å². The zero-order chi connectivity index (χ0) is 19.5. The molecule has 1 fully saturated rings. The Bertz CT molecular complexity index is 865. The first-order valence-electron chi connectivity index (χ1n) is 9.72. The van der Waals surface area contributed by atoms with Crippen molar-refractivity contribution in [2.75, 3.05) is 33.9 Å². The molecular formula is C21H26N4O3. The second-order valence-corrected chi connectivity index (χ2v) is 7.31. The number of rotatable bonds is 5. The molecule has 2 aliphatic heterocycles.